The number of amides is 2. The standard InChI is InChI=1S/C18H27FN2O2/c1-2-4-13(9-10-22)12-20-18(23)21-17-6-3-5-14-7-8-15(19)11-16(14)17/h7-8,11,13,17,22H,2-6,9-10,12H2,1H3,(H2,20,21,23). The summed E-state index contributed by atoms with van der Waals surface area (Å²) in [6.07, 6.45) is 5.48. The minimum Gasteiger partial charge on any atom is -0.396 e. The Morgan fingerprint density at radius 3 is 3.00 bits per heavy atom. The molecule has 0 spiro atoms. The normalized spacial score (nSPS) is 18.1. The summed E-state index contributed by atoms with van der Waals surface area (Å²) in [5, 5.41) is 14.9. The molecule has 0 aliphatic heterocycles. The second-order valence-corrected chi connectivity index (χ2v) is 6.31. The van der Waals surface area contributed by atoms with E-state index in [4.69, 9.17) is 5.11 Å². The van der Waals surface area contributed by atoms with Crippen molar-refractivity contribution in [2.24, 2.45) is 5.92 Å². The van der Waals surface area contributed by atoms with E-state index in [-0.39, 0.29) is 24.5 Å². The molecule has 1 aromatic rings. The summed E-state index contributed by atoms with van der Waals surface area (Å²) < 4.78 is 13.5. The largest absolute Gasteiger partial charge is 0.396 e. The maximum Gasteiger partial charge on any atom is 0.315 e. The van der Waals surface area contributed by atoms with Crippen LogP contribution in [0.4, 0.5) is 9.18 Å². The number of fused-ring (bicyclic) bond motifs is 1. The molecule has 5 heteroatoms. The van der Waals surface area contributed by atoms with Gasteiger partial charge in [-0.2, -0.15) is 0 Å². The third-order valence-electron chi connectivity index (χ3n) is 4.51. The summed E-state index contributed by atoms with van der Waals surface area (Å²) in [7, 11) is 0. The van der Waals surface area contributed by atoms with E-state index in [0.717, 1.165) is 43.2 Å². The summed E-state index contributed by atoms with van der Waals surface area (Å²) in [5.41, 5.74) is 2.01. The van der Waals surface area contributed by atoms with Crippen molar-refractivity contribution in [1.82, 2.24) is 10.6 Å². The molecule has 2 unspecified atom stereocenters. The van der Waals surface area contributed by atoms with Crippen molar-refractivity contribution in [3.63, 3.8) is 0 Å². The highest BCUT2D eigenvalue weighted by atomic mass is 19.1. The average molecular weight is 322 g/mol. The molecule has 0 saturated heterocycles. The van der Waals surface area contributed by atoms with Gasteiger partial charge in [0, 0.05) is 13.2 Å². The lowest BCUT2D eigenvalue weighted by molar-refractivity contribution is 0.225. The van der Waals surface area contributed by atoms with E-state index >= 15 is 0 Å². The van der Waals surface area contributed by atoms with Gasteiger partial charge in [0.05, 0.1) is 6.04 Å². The third kappa shape index (κ3) is 5.20. The Morgan fingerprint density at radius 2 is 2.26 bits per heavy atom. The number of aliphatic hydroxyl groups is 1. The van der Waals surface area contributed by atoms with Gasteiger partial charge < -0.3 is 15.7 Å². The van der Waals surface area contributed by atoms with Gasteiger partial charge >= 0.3 is 6.03 Å². The number of aryl methyl sites for hydroxylation is 1. The van der Waals surface area contributed by atoms with Crippen molar-refractivity contribution in [2.45, 2.75) is 51.5 Å². The van der Waals surface area contributed by atoms with Crippen LogP contribution < -0.4 is 10.6 Å². The fourth-order valence-electron chi connectivity index (χ4n) is 3.31. The maximum atomic E-state index is 13.5. The highest BCUT2D eigenvalue weighted by Crippen LogP contribution is 2.30. The van der Waals surface area contributed by atoms with E-state index in [1.807, 2.05) is 6.07 Å². The molecule has 23 heavy (non-hydrogen) atoms. The molecule has 4 nitrogen and oxygen atoms in total. The van der Waals surface area contributed by atoms with E-state index in [1.54, 1.807) is 0 Å². The number of urea groups is 1. The molecule has 0 saturated carbocycles. The average Bonchev–Trinajstić information content (AvgIpc) is 2.54. The summed E-state index contributed by atoms with van der Waals surface area (Å²) in [6.45, 7) is 2.80. The van der Waals surface area contributed by atoms with Crippen LogP contribution in [0.5, 0.6) is 0 Å². The fourth-order valence-corrected chi connectivity index (χ4v) is 3.31. The lowest BCUT2D eigenvalue weighted by Gasteiger charge is -2.27. The number of carbonyl (C=O) groups excluding carboxylic acids is 1. The van der Waals surface area contributed by atoms with Crippen LogP contribution in [0.2, 0.25) is 0 Å². The number of hydrogen-bond acceptors (Lipinski definition) is 2. The zero-order chi connectivity index (χ0) is 16.7. The van der Waals surface area contributed by atoms with Crippen molar-refractivity contribution in [2.75, 3.05) is 13.2 Å². The van der Waals surface area contributed by atoms with Gasteiger partial charge in [0.25, 0.3) is 0 Å². The summed E-state index contributed by atoms with van der Waals surface area (Å²) >= 11 is 0. The highest BCUT2D eigenvalue weighted by molar-refractivity contribution is 5.74. The molecule has 0 aromatic heterocycles. The van der Waals surface area contributed by atoms with Gasteiger partial charge in [0.15, 0.2) is 0 Å². The molecule has 3 N–H and O–H groups in total. The van der Waals surface area contributed by atoms with Gasteiger partial charge in [-0.05, 0) is 61.3 Å². The predicted octanol–water partition coefficient (Wildman–Crippen LogP) is 3.30. The number of hydrogen-bond donors (Lipinski definition) is 3. The van der Waals surface area contributed by atoms with Crippen LogP contribution in [0.3, 0.4) is 0 Å². The Hall–Kier alpha value is -1.62. The fraction of sp³-hybridized carbons (Fsp3) is 0.611. The first kappa shape index (κ1) is 17.7. The number of rotatable bonds is 7. The predicted molar refractivity (Wildman–Crippen MR) is 88.7 cm³/mol. The number of nitrogens with one attached hydrogen (secondary N) is 2. The Labute approximate surface area is 137 Å². The summed E-state index contributed by atoms with van der Waals surface area (Å²) in [5.74, 6) is 0.0376. The molecule has 0 bridgehead atoms. The van der Waals surface area contributed by atoms with Gasteiger partial charge in [-0.25, -0.2) is 9.18 Å². The molecule has 1 aromatic carbocycles. The third-order valence-corrected chi connectivity index (χ3v) is 4.51. The molecule has 2 rings (SSSR count). The second kappa shape index (κ2) is 8.87. The minimum atomic E-state index is -0.260. The number of carbonyl (C=O) groups is 1. The van der Waals surface area contributed by atoms with Crippen LogP contribution in [0.15, 0.2) is 18.2 Å². The van der Waals surface area contributed by atoms with Crippen LogP contribution in [-0.4, -0.2) is 24.3 Å². The molecule has 1 aliphatic rings. The maximum absolute atomic E-state index is 13.5. The first-order valence-electron chi connectivity index (χ1n) is 8.57. The topological polar surface area (TPSA) is 61.4 Å². The molecule has 0 fully saturated rings. The van der Waals surface area contributed by atoms with Crippen LogP contribution >= 0.6 is 0 Å². The van der Waals surface area contributed by atoms with Gasteiger partial charge in [0.2, 0.25) is 0 Å². The molecule has 0 heterocycles. The van der Waals surface area contributed by atoms with E-state index in [9.17, 15) is 9.18 Å². The SMILES string of the molecule is CCCC(CCO)CNC(=O)NC1CCCc2ccc(F)cc21. The smallest absolute Gasteiger partial charge is 0.315 e. The molecule has 128 valence electrons. The van der Waals surface area contributed by atoms with Gasteiger partial charge in [0.1, 0.15) is 5.82 Å². The monoisotopic (exact) mass is 322 g/mol. The Kier molecular flexibility index (Phi) is 6.84. The Bertz CT molecular complexity index is 516. The quantitative estimate of drug-likeness (QED) is 0.721. The minimum absolute atomic E-state index is 0.128. The summed E-state index contributed by atoms with van der Waals surface area (Å²) in [6, 6.07) is 4.48. The zero-order valence-corrected chi connectivity index (χ0v) is 13.8. The van der Waals surface area contributed by atoms with Crippen LogP contribution in [0, 0.1) is 11.7 Å². The second-order valence-electron chi connectivity index (χ2n) is 6.31. The lowest BCUT2D eigenvalue weighted by Crippen LogP contribution is -2.41. The van der Waals surface area contributed by atoms with Gasteiger partial charge in [-0.3, -0.25) is 0 Å². The van der Waals surface area contributed by atoms with Gasteiger partial charge in [-0.1, -0.05) is 19.4 Å². The number of benzene rings is 1. The van der Waals surface area contributed by atoms with E-state index in [1.165, 1.54) is 12.1 Å². The molecule has 2 amide bonds. The van der Waals surface area contributed by atoms with E-state index in [0.29, 0.717) is 18.9 Å². The number of aliphatic hydroxyl groups excluding tert-OH is 1. The molecule has 0 radical (unpaired) electrons. The first-order chi connectivity index (χ1) is 11.1. The van der Waals surface area contributed by atoms with Crippen molar-refractivity contribution >= 4 is 6.03 Å². The molecular weight excluding hydrogens is 295 g/mol. The highest BCUT2D eigenvalue weighted by Gasteiger charge is 2.22. The zero-order valence-electron chi connectivity index (χ0n) is 13.8. The lowest BCUT2D eigenvalue weighted by atomic mass is 9.87. The first-order valence-corrected chi connectivity index (χ1v) is 8.57. The van der Waals surface area contributed by atoms with E-state index < -0.39 is 0 Å². The summed E-state index contributed by atoms with van der Waals surface area (Å²) in [4.78, 5) is 12.1. The molecule has 1 aliphatic carbocycles. The van der Waals surface area contributed by atoms with Crippen LogP contribution in [-0.2, 0) is 6.42 Å². The molecule has 2 atom stereocenters. The van der Waals surface area contributed by atoms with Crippen molar-refractivity contribution in [1.29, 1.82) is 0 Å². The van der Waals surface area contributed by atoms with Crippen LogP contribution in [0.25, 0.3) is 0 Å². The van der Waals surface area contributed by atoms with Crippen LogP contribution in [0.1, 0.15) is 56.2 Å². The number of halogens is 1. The molecular formula is C18H27FN2O2. The van der Waals surface area contributed by atoms with Gasteiger partial charge in [-0.15, -0.1) is 0 Å². The Morgan fingerprint density at radius 1 is 1.43 bits per heavy atom. The Balaban J connectivity index is 1.90. The van der Waals surface area contributed by atoms with Crippen molar-refractivity contribution in [3.8, 4) is 0 Å². The van der Waals surface area contributed by atoms with E-state index in [2.05, 4.69) is 17.6 Å². The van der Waals surface area contributed by atoms with Crippen molar-refractivity contribution < 1.29 is 14.3 Å². The van der Waals surface area contributed by atoms with Crippen molar-refractivity contribution in [3.05, 3.63) is 35.1 Å².